The van der Waals surface area contributed by atoms with E-state index in [4.69, 9.17) is 10.5 Å². The topological polar surface area (TPSA) is 52.3 Å². The highest BCUT2D eigenvalue weighted by molar-refractivity contribution is 7.86. The molecular weight excluding hydrogens is 198 g/mol. The summed E-state index contributed by atoms with van der Waals surface area (Å²) in [4.78, 5) is 0. The largest absolute Gasteiger partial charge is 0.381 e. The van der Waals surface area contributed by atoms with E-state index >= 15 is 0 Å². The quantitative estimate of drug-likeness (QED) is 0.768. The van der Waals surface area contributed by atoms with Crippen LogP contribution in [0.4, 0.5) is 0 Å². The zero-order chi connectivity index (χ0) is 10.6. The highest BCUT2D eigenvalue weighted by atomic mass is 32.2. The molecule has 84 valence electrons. The average molecular weight is 219 g/mol. The van der Waals surface area contributed by atoms with Gasteiger partial charge in [0.15, 0.2) is 0 Å². The first-order chi connectivity index (χ1) is 6.66. The van der Waals surface area contributed by atoms with Gasteiger partial charge in [-0.1, -0.05) is 6.92 Å². The number of rotatable bonds is 4. The first-order valence-electron chi connectivity index (χ1n) is 5.39. The Balaban J connectivity index is 2.46. The Hall–Kier alpha value is 0.0700. The molecule has 4 heteroatoms. The molecule has 2 N–H and O–H groups in total. The van der Waals surface area contributed by atoms with E-state index in [1.165, 1.54) is 0 Å². The number of hydrogen-bond acceptors (Lipinski definition) is 3. The summed E-state index contributed by atoms with van der Waals surface area (Å²) in [6, 6.07) is 0.0682. The van der Waals surface area contributed by atoms with Crippen LogP contribution in [0.1, 0.15) is 33.1 Å². The van der Waals surface area contributed by atoms with Gasteiger partial charge in [0.05, 0.1) is 0 Å². The second-order valence-electron chi connectivity index (χ2n) is 3.92. The van der Waals surface area contributed by atoms with E-state index < -0.39 is 10.8 Å². The molecule has 1 saturated heterocycles. The van der Waals surface area contributed by atoms with Gasteiger partial charge in [-0.3, -0.25) is 4.21 Å². The Morgan fingerprint density at radius 2 is 2.07 bits per heavy atom. The zero-order valence-corrected chi connectivity index (χ0v) is 9.89. The maximum Gasteiger partial charge on any atom is 0.0477 e. The predicted octanol–water partition coefficient (Wildman–Crippen LogP) is 1.04. The van der Waals surface area contributed by atoms with Gasteiger partial charge in [0.1, 0.15) is 0 Å². The van der Waals surface area contributed by atoms with Crippen LogP contribution in [0.25, 0.3) is 0 Å². The van der Waals surface area contributed by atoms with Gasteiger partial charge in [0.25, 0.3) is 0 Å². The molecule has 0 aliphatic carbocycles. The fourth-order valence-electron chi connectivity index (χ4n) is 1.72. The van der Waals surface area contributed by atoms with Crippen molar-refractivity contribution in [3.63, 3.8) is 0 Å². The molecule has 14 heavy (non-hydrogen) atoms. The second kappa shape index (κ2) is 5.83. The molecule has 3 unspecified atom stereocenters. The summed E-state index contributed by atoms with van der Waals surface area (Å²) in [5.74, 6) is 0. The van der Waals surface area contributed by atoms with Crippen LogP contribution in [0.2, 0.25) is 0 Å². The van der Waals surface area contributed by atoms with Crippen LogP contribution in [0.15, 0.2) is 0 Å². The van der Waals surface area contributed by atoms with Crippen molar-refractivity contribution in [1.29, 1.82) is 0 Å². The van der Waals surface area contributed by atoms with Gasteiger partial charge in [-0.05, 0) is 26.2 Å². The molecular formula is C10H21NO2S. The van der Waals surface area contributed by atoms with Gasteiger partial charge in [-0.2, -0.15) is 0 Å². The first kappa shape index (κ1) is 12.1. The van der Waals surface area contributed by atoms with Crippen molar-refractivity contribution >= 4 is 10.8 Å². The minimum Gasteiger partial charge on any atom is -0.381 e. The van der Waals surface area contributed by atoms with Crippen LogP contribution in [-0.2, 0) is 15.5 Å². The Morgan fingerprint density at radius 1 is 1.50 bits per heavy atom. The summed E-state index contributed by atoms with van der Waals surface area (Å²) in [5.41, 5.74) is 5.90. The second-order valence-corrected chi connectivity index (χ2v) is 5.98. The lowest BCUT2D eigenvalue weighted by Crippen LogP contribution is -2.40. The number of hydrogen-bond donors (Lipinski definition) is 1. The van der Waals surface area contributed by atoms with Crippen molar-refractivity contribution in [1.82, 2.24) is 0 Å². The van der Waals surface area contributed by atoms with Crippen molar-refractivity contribution in [2.45, 2.75) is 49.7 Å². The molecule has 0 bridgehead atoms. The van der Waals surface area contributed by atoms with Gasteiger partial charge in [-0.25, -0.2) is 0 Å². The smallest absolute Gasteiger partial charge is 0.0477 e. The maximum absolute atomic E-state index is 12.1. The molecule has 1 aliphatic heterocycles. The normalized spacial score (nSPS) is 25.6. The van der Waals surface area contributed by atoms with Crippen LogP contribution in [-0.4, -0.2) is 34.0 Å². The molecule has 1 rings (SSSR count). The third kappa shape index (κ3) is 3.04. The summed E-state index contributed by atoms with van der Waals surface area (Å²) >= 11 is 0. The van der Waals surface area contributed by atoms with Crippen molar-refractivity contribution in [3.8, 4) is 0 Å². The van der Waals surface area contributed by atoms with E-state index in [0.29, 0.717) is 5.25 Å². The lowest BCUT2D eigenvalue weighted by molar-refractivity contribution is 0.0990. The van der Waals surface area contributed by atoms with Crippen molar-refractivity contribution < 1.29 is 8.95 Å². The summed E-state index contributed by atoms with van der Waals surface area (Å²) in [7, 11) is -0.786. The van der Waals surface area contributed by atoms with Crippen LogP contribution >= 0.6 is 0 Å². The molecule has 1 fully saturated rings. The van der Waals surface area contributed by atoms with E-state index in [1.54, 1.807) is 0 Å². The Morgan fingerprint density at radius 3 is 2.57 bits per heavy atom. The molecule has 1 heterocycles. The minimum absolute atomic E-state index is 0.0682. The lowest BCUT2D eigenvalue weighted by atomic mass is 10.2. The van der Waals surface area contributed by atoms with Gasteiger partial charge in [0.2, 0.25) is 0 Å². The highest BCUT2D eigenvalue weighted by Crippen LogP contribution is 2.18. The predicted molar refractivity (Wildman–Crippen MR) is 59.7 cm³/mol. The minimum atomic E-state index is -0.786. The summed E-state index contributed by atoms with van der Waals surface area (Å²) in [6.45, 7) is 5.55. The van der Waals surface area contributed by atoms with E-state index in [2.05, 4.69) is 0 Å². The summed E-state index contributed by atoms with van der Waals surface area (Å²) in [6.07, 6.45) is 2.75. The fraction of sp³-hybridized carbons (Fsp3) is 1.00. The van der Waals surface area contributed by atoms with Crippen molar-refractivity contribution in [2.24, 2.45) is 5.73 Å². The standard InChI is InChI=1S/C10H21NO2S/c1-3-10(11)8(2)14(12)9-4-6-13-7-5-9/h8-10H,3-7,11H2,1-2H3. The van der Waals surface area contributed by atoms with Crippen LogP contribution in [0.3, 0.4) is 0 Å². The van der Waals surface area contributed by atoms with Crippen LogP contribution < -0.4 is 5.73 Å². The summed E-state index contributed by atoms with van der Waals surface area (Å²) < 4.78 is 17.3. The van der Waals surface area contributed by atoms with Gasteiger partial charge in [0, 0.05) is 40.6 Å². The van der Waals surface area contributed by atoms with E-state index in [0.717, 1.165) is 32.5 Å². The molecule has 3 nitrogen and oxygen atoms in total. The molecule has 0 radical (unpaired) electrons. The highest BCUT2D eigenvalue weighted by Gasteiger charge is 2.27. The van der Waals surface area contributed by atoms with Gasteiger partial charge >= 0.3 is 0 Å². The fourth-order valence-corrected chi connectivity index (χ4v) is 3.52. The van der Waals surface area contributed by atoms with E-state index in [-0.39, 0.29) is 11.3 Å². The maximum atomic E-state index is 12.1. The lowest BCUT2D eigenvalue weighted by Gasteiger charge is -2.26. The SMILES string of the molecule is CCC(N)C(C)S(=O)C1CCOCC1. The zero-order valence-electron chi connectivity index (χ0n) is 9.07. The molecule has 3 atom stereocenters. The summed E-state index contributed by atoms with van der Waals surface area (Å²) in [5, 5.41) is 0.416. The van der Waals surface area contributed by atoms with Gasteiger partial charge < -0.3 is 10.5 Å². The van der Waals surface area contributed by atoms with Crippen molar-refractivity contribution in [3.05, 3.63) is 0 Å². The van der Waals surface area contributed by atoms with E-state index in [9.17, 15) is 4.21 Å². The average Bonchev–Trinajstić information content (AvgIpc) is 2.27. The van der Waals surface area contributed by atoms with Gasteiger partial charge in [-0.15, -0.1) is 0 Å². The first-order valence-corrected chi connectivity index (χ1v) is 6.67. The molecule has 0 amide bonds. The number of nitrogens with two attached hydrogens (primary N) is 1. The van der Waals surface area contributed by atoms with Crippen LogP contribution in [0, 0.1) is 0 Å². The molecule has 0 aromatic heterocycles. The number of ether oxygens (including phenoxy) is 1. The Bertz CT molecular complexity index is 189. The molecule has 0 aromatic carbocycles. The Labute approximate surface area is 88.8 Å². The molecule has 1 aliphatic rings. The third-order valence-corrected chi connectivity index (χ3v) is 5.15. The van der Waals surface area contributed by atoms with E-state index in [1.807, 2.05) is 13.8 Å². The Kier molecular flexibility index (Phi) is 5.06. The van der Waals surface area contributed by atoms with Crippen LogP contribution in [0.5, 0.6) is 0 Å². The molecule has 0 spiro atoms. The molecule has 0 saturated carbocycles. The molecule has 0 aromatic rings. The van der Waals surface area contributed by atoms with Crippen molar-refractivity contribution in [2.75, 3.05) is 13.2 Å². The third-order valence-electron chi connectivity index (χ3n) is 2.94. The monoisotopic (exact) mass is 219 g/mol.